The molecule has 5 heteroatoms. The van der Waals surface area contributed by atoms with E-state index in [9.17, 15) is 4.79 Å². The molecule has 96 valence electrons. The van der Waals surface area contributed by atoms with Gasteiger partial charge >= 0.3 is 5.97 Å². The summed E-state index contributed by atoms with van der Waals surface area (Å²) in [5.74, 6) is -1.20. The van der Waals surface area contributed by atoms with Gasteiger partial charge in [0, 0.05) is 32.8 Å². The van der Waals surface area contributed by atoms with Crippen molar-refractivity contribution in [3.8, 4) is 0 Å². The molecule has 0 aliphatic rings. The Labute approximate surface area is 97.0 Å². The van der Waals surface area contributed by atoms with Crippen molar-refractivity contribution >= 4 is 5.97 Å². The largest absolute Gasteiger partial charge is 0.481 e. The first-order valence-corrected chi connectivity index (χ1v) is 5.75. The molecule has 0 aromatic heterocycles. The van der Waals surface area contributed by atoms with Crippen LogP contribution in [-0.2, 0) is 9.53 Å². The Kier molecular flexibility index (Phi) is 9.18. The average molecular weight is 233 g/mol. The second-order valence-corrected chi connectivity index (χ2v) is 3.81. The number of carbonyl (C=O) groups is 1. The fraction of sp³-hybridized carbons (Fsp3) is 0.909. The van der Waals surface area contributed by atoms with Gasteiger partial charge in [-0.2, -0.15) is 0 Å². The maximum Gasteiger partial charge on any atom is 0.307 e. The third-order valence-corrected chi connectivity index (χ3v) is 2.34. The number of carboxylic acids is 1. The van der Waals surface area contributed by atoms with Crippen LogP contribution in [0, 0.1) is 5.92 Å². The van der Waals surface area contributed by atoms with Crippen LogP contribution in [0.5, 0.6) is 0 Å². The predicted octanol–water partition coefficient (Wildman–Crippen LogP) is 0.428. The highest BCUT2D eigenvalue weighted by molar-refractivity contribution is 5.69. The van der Waals surface area contributed by atoms with E-state index in [4.69, 9.17) is 14.9 Å². The van der Waals surface area contributed by atoms with E-state index in [2.05, 4.69) is 0 Å². The maximum atomic E-state index is 10.7. The molecule has 0 rings (SSSR count). The molecule has 0 radical (unpaired) electrons. The fourth-order valence-electron chi connectivity index (χ4n) is 1.44. The number of nitrogens with zero attached hydrogens (tertiary/aromatic N) is 1. The van der Waals surface area contributed by atoms with E-state index >= 15 is 0 Å². The summed E-state index contributed by atoms with van der Waals surface area (Å²) in [6, 6.07) is 0. The van der Waals surface area contributed by atoms with E-state index in [0.717, 1.165) is 13.0 Å². The van der Waals surface area contributed by atoms with Crippen LogP contribution in [0.15, 0.2) is 0 Å². The molecule has 1 unspecified atom stereocenters. The molecule has 0 bridgehead atoms. The van der Waals surface area contributed by atoms with Crippen molar-refractivity contribution in [2.24, 2.45) is 5.92 Å². The molecule has 0 saturated heterocycles. The smallest absolute Gasteiger partial charge is 0.307 e. The Morgan fingerprint density at radius 2 is 2.12 bits per heavy atom. The first-order valence-electron chi connectivity index (χ1n) is 5.75. The molecule has 0 amide bonds. The van der Waals surface area contributed by atoms with E-state index in [-0.39, 0.29) is 6.61 Å². The molecule has 0 heterocycles. The number of carboxylic acid groups (broad SMARTS) is 1. The Bertz CT molecular complexity index is 187. The molecule has 0 aliphatic carbocycles. The van der Waals surface area contributed by atoms with E-state index < -0.39 is 11.9 Å². The number of aliphatic hydroxyl groups is 1. The lowest BCUT2D eigenvalue weighted by molar-refractivity contribution is -0.141. The molecular weight excluding hydrogens is 210 g/mol. The number of hydrogen-bond donors (Lipinski definition) is 2. The number of ether oxygens (including phenoxy) is 1. The maximum absolute atomic E-state index is 10.7. The summed E-state index contributed by atoms with van der Waals surface area (Å²) in [6.07, 6.45) is 0.861. The van der Waals surface area contributed by atoms with Gasteiger partial charge in [0.15, 0.2) is 0 Å². The summed E-state index contributed by atoms with van der Waals surface area (Å²) in [5.41, 5.74) is 0. The Balaban J connectivity index is 3.82. The SMILES string of the molecule is CCOCCCN(CCO)CC(C)C(=O)O. The van der Waals surface area contributed by atoms with Crippen LogP contribution in [0.1, 0.15) is 20.3 Å². The van der Waals surface area contributed by atoms with E-state index in [1.807, 2.05) is 11.8 Å². The molecular formula is C11H23NO4. The summed E-state index contributed by atoms with van der Waals surface area (Å²) < 4.78 is 5.21. The van der Waals surface area contributed by atoms with Crippen molar-refractivity contribution < 1.29 is 19.7 Å². The monoisotopic (exact) mass is 233 g/mol. The third kappa shape index (κ3) is 7.62. The summed E-state index contributed by atoms with van der Waals surface area (Å²) in [5, 5.41) is 17.7. The average Bonchev–Trinajstić information content (AvgIpc) is 2.24. The molecule has 0 saturated carbocycles. The van der Waals surface area contributed by atoms with Crippen molar-refractivity contribution in [1.82, 2.24) is 4.90 Å². The molecule has 1 atom stereocenters. The van der Waals surface area contributed by atoms with Gasteiger partial charge in [0.25, 0.3) is 0 Å². The minimum Gasteiger partial charge on any atom is -0.481 e. The first kappa shape index (κ1) is 15.3. The molecule has 0 aromatic rings. The normalized spacial score (nSPS) is 13.0. The number of aliphatic hydroxyl groups excluding tert-OH is 1. The molecule has 0 aliphatic heterocycles. The lowest BCUT2D eigenvalue weighted by Crippen LogP contribution is -2.35. The molecule has 0 spiro atoms. The van der Waals surface area contributed by atoms with Gasteiger partial charge in [0.1, 0.15) is 0 Å². The van der Waals surface area contributed by atoms with Gasteiger partial charge in [-0.05, 0) is 13.3 Å². The highest BCUT2D eigenvalue weighted by Gasteiger charge is 2.15. The quantitative estimate of drug-likeness (QED) is 0.535. The zero-order valence-electron chi connectivity index (χ0n) is 10.2. The zero-order valence-corrected chi connectivity index (χ0v) is 10.2. The van der Waals surface area contributed by atoms with Gasteiger partial charge < -0.3 is 19.8 Å². The van der Waals surface area contributed by atoms with Crippen LogP contribution in [0.4, 0.5) is 0 Å². The Morgan fingerprint density at radius 1 is 1.44 bits per heavy atom. The third-order valence-electron chi connectivity index (χ3n) is 2.34. The van der Waals surface area contributed by atoms with Gasteiger partial charge in [0.2, 0.25) is 0 Å². The summed E-state index contributed by atoms with van der Waals surface area (Å²) >= 11 is 0. The highest BCUT2D eigenvalue weighted by Crippen LogP contribution is 2.01. The van der Waals surface area contributed by atoms with Crippen LogP contribution >= 0.6 is 0 Å². The highest BCUT2D eigenvalue weighted by atomic mass is 16.5. The van der Waals surface area contributed by atoms with Crippen molar-refractivity contribution in [3.63, 3.8) is 0 Å². The molecule has 0 aromatic carbocycles. The molecule has 0 fully saturated rings. The van der Waals surface area contributed by atoms with Gasteiger partial charge in [-0.15, -0.1) is 0 Å². The van der Waals surface area contributed by atoms with Gasteiger partial charge in [-0.1, -0.05) is 6.92 Å². The predicted molar refractivity (Wildman–Crippen MR) is 61.4 cm³/mol. The van der Waals surface area contributed by atoms with E-state index in [1.54, 1.807) is 6.92 Å². The zero-order chi connectivity index (χ0) is 12.4. The molecule has 2 N–H and O–H groups in total. The lowest BCUT2D eigenvalue weighted by Gasteiger charge is -2.23. The summed E-state index contributed by atoms with van der Waals surface area (Å²) in [7, 11) is 0. The Hall–Kier alpha value is -0.650. The fourth-order valence-corrected chi connectivity index (χ4v) is 1.44. The first-order chi connectivity index (χ1) is 7.61. The number of rotatable bonds is 10. The standard InChI is InChI=1S/C11H23NO4/c1-3-16-8-4-5-12(6-7-13)9-10(2)11(14)15/h10,13H,3-9H2,1-2H3,(H,14,15). The second kappa shape index (κ2) is 9.57. The van der Waals surface area contributed by atoms with Gasteiger partial charge in [-0.3, -0.25) is 4.79 Å². The van der Waals surface area contributed by atoms with E-state index in [0.29, 0.717) is 26.3 Å². The minimum absolute atomic E-state index is 0.0565. The van der Waals surface area contributed by atoms with Crippen LogP contribution in [0.25, 0.3) is 0 Å². The van der Waals surface area contributed by atoms with Crippen LogP contribution in [-0.4, -0.2) is 60.5 Å². The molecule has 5 nitrogen and oxygen atoms in total. The number of hydrogen-bond acceptors (Lipinski definition) is 4. The van der Waals surface area contributed by atoms with Crippen molar-refractivity contribution in [2.45, 2.75) is 20.3 Å². The lowest BCUT2D eigenvalue weighted by atomic mass is 10.1. The van der Waals surface area contributed by atoms with Crippen molar-refractivity contribution in [1.29, 1.82) is 0 Å². The van der Waals surface area contributed by atoms with Crippen LogP contribution in [0.3, 0.4) is 0 Å². The minimum atomic E-state index is -0.798. The summed E-state index contributed by atoms with van der Waals surface area (Å²) in [4.78, 5) is 12.7. The topological polar surface area (TPSA) is 70.0 Å². The van der Waals surface area contributed by atoms with Crippen LogP contribution < -0.4 is 0 Å². The summed E-state index contributed by atoms with van der Waals surface area (Å²) in [6.45, 7) is 6.81. The van der Waals surface area contributed by atoms with Gasteiger partial charge in [-0.25, -0.2) is 0 Å². The van der Waals surface area contributed by atoms with Crippen molar-refractivity contribution in [3.05, 3.63) is 0 Å². The van der Waals surface area contributed by atoms with Gasteiger partial charge in [0.05, 0.1) is 12.5 Å². The number of aliphatic carboxylic acids is 1. The Morgan fingerprint density at radius 3 is 2.62 bits per heavy atom. The van der Waals surface area contributed by atoms with E-state index in [1.165, 1.54) is 0 Å². The second-order valence-electron chi connectivity index (χ2n) is 3.81. The van der Waals surface area contributed by atoms with Crippen molar-refractivity contribution in [2.75, 3.05) is 39.5 Å². The molecule has 16 heavy (non-hydrogen) atoms. The van der Waals surface area contributed by atoms with Crippen LogP contribution in [0.2, 0.25) is 0 Å².